The average Bonchev–Trinajstić information content (AvgIpc) is 3.77. The van der Waals surface area contributed by atoms with Crippen molar-refractivity contribution in [1.82, 2.24) is 20.4 Å². The van der Waals surface area contributed by atoms with Crippen LogP contribution in [0.5, 0.6) is 0 Å². The van der Waals surface area contributed by atoms with Crippen LogP contribution < -0.4 is 10.6 Å². The van der Waals surface area contributed by atoms with Crippen molar-refractivity contribution >= 4 is 32.2 Å². The molecule has 11 nitrogen and oxygen atoms in total. The summed E-state index contributed by atoms with van der Waals surface area (Å²) in [5.74, 6) is -2.26. The number of nitrogens with zero attached hydrogens (tertiary/aromatic N) is 2. The van der Waals surface area contributed by atoms with Crippen molar-refractivity contribution in [3.8, 4) is 0 Å². The molecule has 1 saturated heterocycles. The molecule has 0 bridgehead atoms. The number of fused-ring (bicyclic) bond motifs is 2. The van der Waals surface area contributed by atoms with E-state index in [9.17, 15) is 24.3 Å². The molecule has 2 aliphatic carbocycles. The monoisotopic (exact) mass is 620 g/mol. The molecule has 0 aromatic heterocycles. The third-order valence-corrected chi connectivity index (χ3v) is 14.0. The molecule has 3 fully saturated rings. The fraction of sp³-hybridized carbons (Fsp3) is 0.806. The molecule has 2 aliphatic heterocycles. The van der Waals surface area contributed by atoms with Gasteiger partial charge in [0, 0.05) is 31.5 Å². The Morgan fingerprint density at radius 2 is 1.79 bits per heavy atom. The Balaban J connectivity index is 1.68. The summed E-state index contributed by atoms with van der Waals surface area (Å²) in [5, 5.41) is 15.7. The third kappa shape index (κ3) is 7.99. The van der Waals surface area contributed by atoms with Crippen LogP contribution in [0.2, 0.25) is 18.1 Å². The number of ether oxygens (including phenoxy) is 1. The highest BCUT2D eigenvalue weighted by Gasteiger charge is 2.61. The molecule has 3 N–H and O–H groups in total. The summed E-state index contributed by atoms with van der Waals surface area (Å²) in [4.78, 5) is 57.4. The summed E-state index contributed by atoms with van der Waals surface area (Å²) < 4.78 is 12.2. The Bertz CT molecular complexity index is 1130. The summed E-state index contributed by atoms with van der Waals surface area (Å²) in [6.07, 6.45) is 7.03. The van der Waals surface area contributed by atoms with Crippen LogP contribution in [0.15, 0.2) is 12.2 Å². The van der Waals surface area contributed by atoms with Gasteiger partial charge in [-0.05, 0) is 77.6 Å². The van der Waals surface area contributed by atoms with Gasteiger partial charge in [-0.15, -0.1) is 0 Å². The number of carbonyl (C=O) groups is 4. The second kappa shape index (κ2) is 12.2. The molecule has 242 valence electrons. The van der Waals surface area contributed by atoms with E-state index in [1.807, 2.05) is 12.2 Å². The predicted molar refractivity (Wildman–Crippen MR) is 165 cm³/mol. The first-order valence-corrected chi connectivity index (χ1v) is 18.7. The maximum absolute atomic E-state index is 14.4. The van der Waals surface area contributed by atoms with Crippen LogP contribution in [-0.2, 0) is 23.5 Å². The number of hydrogen-bond acceptors (Lipinski definition) is 7. The average molecular weight is 621 g/mol. The van der Waals surface area contributed by atoms with Crippen LogP contribution in [-0.4, -0.2) is 102 Å². The Morgan fingerprint density at radius 3 is 2.37 bits per heavy atom. The Morgan fingerprint density at radius 1 is 1.12 bits per heavy atom. The minimum absolute atomic E-state index is 0.0809. The van der Waals surface area contributed by atoms with E-state index in [-0.39, 0.29) is 29.8 Å². The fourth-order valence-corrected chi connectivity index (χ4v) is 7.20. The summed E-state index contributed by atoms with van der Waals surface area (Å²) in [6.45, 7) is 17.2. The lowest BCUT2D eigenvalue weighted by atomic mass is 10.1. The van der Waals surface area contributed by atoms with Crippen LogP contribution >= 0.6 is 0 Å². The summed E-state index contributed by atoms with van der Waals surface area (Å²) in [7, 11) is -2.25. The first-order chi connectivity index (χ1) is 19.8. The normalized spacial score (nSPS) is 32.0. The van der Waals surface area contributed by atoms with Gasteiger partial charge in [-0.1, -0.05) is 32.9 Å². The minimum atomic E-state index is -2.25. The predicted octanol–water partition coefficient (Wildman–Crippen LogP) is 3.64. The van der Waals surface area contributed by atoms with Crippen molar-refractivity contribution < 1.29 is 33.4 Å². The van der Waals surface area contributed by atoms with E-state index in [4.69, 9.17) is 9.16 Å². The summed E-state index contributed by atoms with van der Waals surface area (Å²) >= 11 is 0. The molecular formula is C31H52N4O7Si. The molecule has 4 aliphatic rings. The lowest BCUT2D eigenvalue weighted by Crippen LogP contribution is -2.59. The zero-order valence-electron chi connectivity index (χ0n) is 27.2. The molecule has 2 saturated carbocycles. The van der Waals surface area contributed by atoms with Crippen LogP contribution in [0.4, 0.5) is 4.79 Å². The van der Waals surface area contributed by atoms with Gasteiger partial charge in [0.25, 0.3) is 0 Å². The Hall–Kier alpha value is -2.44. The van der Waals surface area contributed by atoms with E-state index in [0.717, 1.165) is 32.2 Å². The van der Waals surface area contributed by atoms with Crippen LogP contribution in [0.3, 0.4) is 0 Å². The molecule has 12 heteroatoms. The quantitative estimate of drug-likeness (QED) is 0.313. The van der Waals surface area contributed by atoms with Crippen molar-refractivity contribution in [2.75, 3.05) is 19.6 Å². The molecular weight excluding hydrogens is 568 g/mol. The van der Waals surface area contributed by atoms with Gasteiger partial charge in [-0.3, -0.25) is 14.5 Å². The van der Waals surface area contributed by atoms with Gasteiger partial charge in [-0.25, -0.2) is 9.59 Å². The van der Waals surface area contributed by atoms with E-state index in [0.29, 0.717) is 19.0 Å². The molecule has 0 aromatic rings. The van der Waals surface area contributed by atoms with Crippen molar-refractivity contribution in [2.45, 2.75) is 134 Å². The summed E-state index contributed by atoms with van der Waals surface area (Å²) in [6, 6.07) is -1.53. The van der Waals surface area contributed by atoms with E-state index < -0.39 is 55.6 Å². The highest BCUT2D eigenvalue weighted by atomic mass is 28.4. The van der Waals surface area contributed by atoms with Gasteiger partial charge in [0.05, 0.1) is 6.10 Å². The SMILES string of the molecule is CC(C)(C)OC(=O)N[C@H]1CN(C2CC2)CCC/C=C\[C@@H]2C[C@@]2(C(=O)O)NC(=O)[C@@H]2C[C@@H](O[Si](C)(C)C(C)(C)C)CN2C1=O. The third-order valence-electron chi connectivity index (χ3n) is 9.51. The van der Waals surface area contributed by atoms with Crippen molar-refractivity contribution in [1.29, 1.82) is 0 Å². The summed E-state index contributed by atoms with van der Waals surface area (Å²) in [5.41, 5.74) is -2.13. The lowest BCUT2D eigenvalue weighted by molar-refractivity contribution is -0.145. The molecule has 2 heterocycles. The highest BCUT2D eigenvalue weighted by Crippen LogP contribution is 2.46. The minimum Gasteiger partial charge on any atom is -0.479 e. The molecule has 4 rings (SSSR count). The number of aliphatic carboxylic acids is 1. The number of amides is 3. The molecule has 0 spiro atoms. The Kier molecular flexibility index (Phi) is 9.46. The zero-order valence-corrected chi connectivity index (χ0v) is 28.2. The van der Waals surface area contributed by atoms with Gasteiger partial charge in [0.15, 0.2) is 8.32 Å². The van der Waals surface area contributed by atoms with Gasteiger partial charge in [0.2, 0.25) is 11.8 Å². The molecule has 3 amide bonds. The highest BCUT2D eigenvalue weighted by molar-refractivity contribution is 6.74. The van der Waals surface area contributed by atoms with Crippen LogP contribution in [0.1, 0.15) is 80.1 Å². The second-order valence-corrected chi connectivity index (χ2v) is 20.1. The number of hydrogen-bond donors (Lipinski definition) is 3. The van der Waals surface area contributed by atoms with Gasteiger partial charge < -0.3 is 29.8 Å². The second-order valence-electron chi connectivity index (χ2n) is 15.3. The van der Waals surface area contributed by atoms with Crippen molar-refractivity contribution in [3.63, 3.8) is 0 Å². The van der Waals surface area contributed by atoms with Crippen LogP contribution in [0.25, 0.3) is 0 Å². The van der Waals surface area contributed by atoms with Crippen LogP contribution in [0, 0.1) is 5.92 Å². The van der Waals surface area contributed by atoms with E-state index in [2.05, 4.69) is 49.4 Å². The molecule has 5 atom stereocenters. The van der Waals surface area contributed by atoms with Gasteiger partial charge in [0.1, 0.15) is 23.2 Å². The number of rotatable bonds is 5. The number of allylic oxidation sites excluding steroid dienone is 1. The number of alkyl carbamates (subject to hydrolysis) is 1. The standard InChI is InChI=1S/C31H52N4O7Si/c1-29(2,3)41-28(40)32-23-19-34(21-13-14-21)15-11-9-10-12-20-17-31(20,27(38)39)33-25(36)24-16-22(18-35(24)26(23)37)42-43(7,8)30(4,5)6/h10,12,20-24H,9,11,13-19H2,1-8H3,(H,32,40)(H,33,36)(H,38,39)/b12-10-/t20-,22-,23+,24+,31-/m1/s1. The maximum atomic E-state index is 14.4. The van der Waals surface area contributed by atoms with Crippen molar-refractivity contribution in [3.05, 3.63) is 12.2 Å². The van der Waals surface area contributed by atoms with E-state index >= 15 is 0 Å². The Labute approximate surface area is 257 Å². The lowest BCUT2D eigenvalue weighted by Gasteiger charge is -2.38. The smallest absolute Gasteiger partial charge is 0.408 e. The number of carboxylic acids is 1. The fourth-order valence-electron chi connectivity index (χ4n) is 5.84. The van der Waals surface area contributed by atoms with E-state index in [1.165, 1.54) is 4.90 Å². The topological polar surface area (TPSA) is 138 Å². The molecule has 0 radical (unpaired) electrons. The van der Waals surface area contributed by atoms with Crippen molar-refractivity contribution in [2.24, 2.45) is 5.92 Å². The molecule has 43 heavy (non-hydrogen) atoms. The van der Waals surface area contributed by atoms with Gasteiger partial charge >= 0.3 is 12.1 Å². The first-order valence-electron chi connectivity index (χ1n) is 15.8. The van der Waals surface area contributed by atoms with E-state index in [1.54, 1.807) is 20.8 Å². The number of carbonyl (C=O) groups excluding carboxylic acids is 3. The maximum Gasteiger partial charge on any atom is 0.408 e. The van der Waals surface area contributed by atoms with Gasteiger partial charge in [-0.2, -0.15) is 0 Å². The number of carboxylic acid groups (broad SMARTS) is 1. The largest absolute Gasteiger partial charge is 0.479 e. The molecule has 0 aromatic carbocycles. The molecule has 0 unspecified atom stereocenters. The number of nitrogens with one attached hydrogen (secondary N) is 2. The zero-order chi connectivity index (χ0) is 32.0. The first kappa shape index (κ1) is 33.4.